The fourth-order valence-corrected chi connectivity index (χ4v) is 2.06. The number of rotatable bonds is 6. The van der Waals surface area contributed by atoms with Gasteiger partial charge < -0.3 is 19.7 Å². The molecule has 8 nitrogen and oxygen atoms in total. The summed E-state index contributed by atoms with van der Waals surface area (Å²) in [6.45, 7) is 5.71. The van der Waals surface area contributed by atoms with E-state index in [2.05, 4.69) is 15.5 Å². The van der Waals surface area contributed by atoms with Crippen molar-refractivity contribution in [3.8, 4) is 11.5 Å². The molecule has 0 saturated heterocycles. The standard InChI is InChI=1S/C17H21N3O5/c1-17(2,3)16-19-14(25-20-16)11-8-6-5-7-10(11)13(21)18-9-12(24-4)15(22)23/h5-8,12H,9H2,1-4H3,(H,18,21)(H,22,23). The molecule has 2 aromatic rings. The average molecular weight is 347 g/mol. The van der Waals surface area contributed by atoms with Crippen LogP contribution < -0.4 is 5.32 Å². The lowest BCUT2D eigenvalue weighted by Crippen LogP contribution is -2.38. The Balaban J connectivity index is 2.24. The number of benzene rings is 1. The Morgan fingerprint density at radius 2 is 2.00 bits per heavy atom. The van der Waals surface area contributed by atoms with Crippen molar-refractivity contribution in [3.63, 3.8) is 0 Å². The highest BCUT2D eigenvalue weighted by atomic mass is 16.5. The Morgan fingerprint density at radius 1 is 1.32 bits per heavy atom. The second-order valence-electron chi connectivity index (χ2n) is 6.49. The fourth-order valence-electron chi connectivity index (χ4n) is 2.06. The van der Waals surface area contributed by atoms with Crippen molar-refractivity contribution < 1.29 is 24.0 Å². The Bertz CT molecular complexity index is 764. The second-order valence-corrected chi connectivity index (χ2v) is 6.49. The number of carboxylic acid groups (broad SMARTS) is 1. The number of amides is 1. The van der Waals surface area contributed by atoms with Crippen LogP contribution in [0.15, 0.2) is 28.8 Å². The smallest absolute Gasteiger partial charge is 0.334 e. The van der Waals surface area contributed by atoms with Crippen molar-refractivity contribution in [2.24, 2.45) is 0 Å². The molecule has 0 aliphatic rings. The van der Waals surface area contributed by atoms with Gasteiger partial charge in [-0.2, -0.15) is 4.98 Å². The number of ether oxygens (including phenoxy) is 1. The summed E-state index contributed by atoms with van der Waals surface area (Å²) in [6.07, 6.45) is -1.12. The van der Waals surface area contributed by atoms with Gasteiger partial charge in [-0.05, 0) is 12.1 Å². The Hall–Kier alpha value is -2.74. The Labute approximate surface area is 145 Å². The zero-order valence-corrected chi connectivity index (χ0v) is 14.6. The third-order valence-electron chi connectivity index (χ3n) is 3.51. The summed E-state index contributed by atoms with van der Waals surface area (Å²) < 4.78 is 10.1. The fraction of sp³-hybridized carbons (Fsp3) is 0.412. The number of methoxy groups -OCH3 is 1. The van der Waals surface area contributed by atoms with Gasteiger partial charge in [0.1, 0.15) is 0 Å². The maximum atomic E-state index is 12.4. The van der Waals surface area contributed by atoms with Crippen molar-refractivity contribution in [1.82, 2.24) is 15.5 Å². The van der Waals surface area contributed by atoms with Crippen molar-refractivity contribution in [1.29, 1.82) is 0 Å². The van der Waals surface area contributed by atoms with Gasteiger partial charge >= 0.3 is 5.97 Å². The summed E-state index contributed by atoms with van der Waals surface area (Å²) in [5, 5.41) is 15.5. The average Bonchev–Trinajstić information content (AvgIpc) is 3.05. The minimum atomic E-state index is -1.15. The van der Waals surface area contributed by atoms with Gasteiger partial charge in [-0.25, -0.2) is 4.79 Å². The van der Waals surface area contributed by atoms with Crippen LogP contribution in [0.1, 0.15) is 37.0 Å². The van der Waals surface area contributed by atoms with Gasteiger partial charge in [-0.15, -0.1) is 0 Å². The van der Waals surface area contributed by atoms with Crippen LogP contribution in [-0.4, -0.2) is 46.9 Å². The highest BCUT2D eigenvalue weighted by Crippen LogP contribution is 2.26. The van der Waals surface area contributed by atoms with Crippen molar-refractivity contribution in [3.05, 3.63) is 35.7 Å². The van der Waals surface area contributed by atoms with Crippen LogP contribution >= 0.6 is 0 Å². The molecule has 2 N–H and O–H groups in total. The molecule has 1 aromatic carbocycles. The molecule has 0 fully saturated rings. The SMILES string of the molecule is COC(CNC(=O)c1ccccc1-c1nc(C(C)(C)C)no1)C(=O)O. The summed E-state index contributed by atoms with van der Waals surface area (Å²) in [5.74, 6) is -0.836. The van der Waals surface area contributed by atoms with E-state index in [0.717, 1.165) is 0 Å². The molecule has 1 heterocycles. The summed E-state index contributed by atoms with van der Waals surface area (Å²) in [5.41, 5.74) is 0.505. The van der Waals surface area contributed by atoms with Crippen LogP contribution in [0.25, 0.3) is 11.5 Å². The lowest BCUT2D eigenvalue weighted by atomic mass is 9.96. The lowest BCUT2D eigenvalue weighted by molar-refractivity contribution is -0.148. The lowest BCUT2D eigenvalue weighted by Gasteiger charge is -2.12. The number of carbonyl (C=O) groups is 2. The maximum Gasteiger partial charge on any atom is 0.334 e. The van der Waals surface area contributed by atoms with Crippen molar-refractivity contribution in [2.45, 2.75) is 32.3 Å². The quantitative estimate of drug-likeness (QED) is 0.819. The molecule has 134 valence electrons. The third kappa shape index (κ3) is 4.42. The number of aliphatic carboxylic acids is 1. The molecule has 0 aliphatic heterocycles. The topological polar surface area (TPSA) is 115 Å². The van der Waals surface area contributed by atoms with Crippen molar-refractivity contribution in [2.75, 3.05) is 13.7 Å². The van der Waals surface area contributed by atoms with E-state index in [-0.39, 0.29) is 17.9 Å². The van der Waals surface area contributed by atoms with E-state index in [0.29, 0.717) is 17.0 Å². The highest BCUT2D eigenvalue weighted by Gasteiger charge is 2.24. The van der Waals surface area contributed by atoms with Crippen LogP contribution in [0.2, 0.25) is 0 Å². The maximum absolute atomic E-state index is 12.4. The molecule has 8 heteroatoms. The van der Waals surface area contributed by atoms with E-state index < -0.39 is 18.0 Å². The number of aromatic nitrogens is 2. The number of carboxylic acids is 1. The van der Waals surface area contributed by atoms with Crippen LogP contribution in [0.4, 0.5) is 0 Å². The largest absolute Gasteiger partial charge is 0.479 e. The van der Waals surface area contributed by atoms with E-state index in [1.165, 1.54) is 7.11 Å². The predicted molar refractivity (Wildman–Crippen MR) is 89.2 cm³/mol. The monoisotopic (exact) mass is 347 g/mol. The summed E-state index contributed by atoms with van der Waals surface area (Å²) >= 11 is 0. The normalized spacial score (nSPS) is 12.6. The van der Waals surface area contributed by atoms with Gasteiger partial charge in [0, 0.05) is 12.5 Å². The molecule has 1 unspecified atom stereocenters. The van der Waals surface area contributed by atoms with Gasteiger partial charge in [0.05, 0.1) is 17.7 Å². The van der Waals surface area contributed by atoms with E-state index in [4.69, 9.17) is 14.4 Å². The van der Waals surface area contributed by atoms with Gasteiger partial charge in [0.15, 0.2) is 11.9 Å². The molecule has 0 aliphatic carbocycles. The van der Waals surface area contributed by atoms with Gasteiger partial charge in [-0.1, -0.05) is 38.1 Å². The molecule has 25 heavy (non-hydrogen) atoms. The predicted octanol–water partition coefficient (Wildman–Crippen LogP) is 1.86. The molecular weight excluding hydrogens is 326 g/mol. The van der Waals surface area contributed by atoms with Gasteiger partial charge in [0.2, 0.25) is 0 Å². The van der Waals surface area contributed by atoms with Crippen molar-refractivity contribution >= 4 is 11.9 Å². The van der Waals surface area contributed by atoms with E-state index in [1.54, 1.807) is 24.3 Å². The van der Waals surface area contributed by atoms with Crippen LogP contribution in [0.3, 0.4) is 0 Å². The van der Waals surface area contributed by atoms with E-state index >= 15 is 0 Å². The number of hydrogen-bond donors (Lipinski definition) is 2. The molecular formula is C17H21N3O5. The second kappa shape index (κ2) is 7.43. The molecule has 0 bridgehead atoms. The van der Waals surface area contributed by atoms with Gasteiger partial charge in [0.25, 0.3) is 11.8 Å². The number of carbonyl (C=O) groups excluding carboxylic acids is 1. The minimum absolute atomic E-state index is 0.157. The summed E-state index contributed by atoms with van der Waals surface area (Å²) in [7, 11) is 1.27. The first-order valence-corrected chi connectivity index (χ1v) is 7.71. The third-order valence-corrected chi connectivity index (χ3v) is 3.51. The Kier molecular flexibility index (Phi) is 5.53. The van der Waals surface area contributed by atoms with E-state index in [9.17, 15) is 9.59 Å². The zero-order valence-electron chi connectivity index (χ0n) is 14.6. The zero-order chi connectivity index (χ0) is 18.6. The van der Waals surface area contributed by atoms with Crippen LogP contribution in [0.5, 0.6) is 0 Å². The first-order valence-electron chi connectivity index (χ1n) is 7.71. The summed E-state index contributed by atoms with van der Waals surface area (Å²) in [6, 6.07) is 6.75. The molecule has 1 amide bonds. The molecule has 0 radical (unpaired) electrons. The first kappa shape index (κ1) is 18.6. The van der Waals surface area contributed by atoms with Crippen LogP contribution in [-0.2, 0) is 14.9 Å². The minimum Gasteiger partial charge on any atom is -0.479 e. The number of hydrogen-bond acceptors (Lipinski definition) is 6. The molecule has 2 rings (SSSR count). The number of nitrogens with zero attached hydrogens (tertiary/aromatic N) is 2. The Morgan fingerprint density at radius 3 is 2.56 bits per heavy atom. The molecule has 0 saturated carbocycles. The first-order chi connectivity index (χ1) is 11.7. The van der Waals surface area contributed by atoms with Crippen LogP contribution in [0, 0.1) is 0 Å². The summed E-state index contributed by atoms with van der Waals surface area (Å²) in [4.78, 5) is 27.7. The highest BCUT2D eigenvalue weighted by molar-refractivity contribution is 6.00. The molecule has 1 atom stereocenters. The van der Waals surface area contributed by atoms with Gasteiger partial charge in [-0.3, -0.25) is 4.79 Å². The van der Waals surface area contributed by atoms with E-state index in [1.807, 2.05) is 20.8 Å². The molecule has 0 spiro atoms. The molecule has 1 aromatic heterocycles. The number of nitrogens with one attached hydrogen (secondary N) is 1.